The van der Waals surface area contributed by atoms with Crippen molar-refractivity contribution in [1.29, 1.82) is 0 Å². The highest BCUT2D eigenvalue weighted by Gasteiger charge is 2.27. The molecule has 0 aromatic rings. The number of nitrogens with zero attached hydrogens (tertiary/aromatic N) is 3. The van der Waals surface area contributed by atoms with E-state index in [4.69, 9.17) is 0 Å². The maximum absolute atomic E-state index is 12.1. The van der Waals surface area contributed by atoms with E-state index in [9.17, 15) is 4.79 Å². The Kier molecular flexibility index (Phi) is 6.09. The Bertz CT molecular complexity index is 268. The van der Waals surface area contributed by atoms with Crippen molar-refractivity contribution in [3.63, 3.8) is 0 Å². The molecular weight excluding hydrogens is 226 g/mol. The molecule has 1 aliphatic rings. The van der Waals surface area contributed by atoms with Crippen molar-refractivity contribution in [2.75, 3.05) is 46.8 Å². The van der Waals surface area contributed by atoms with Crippen molar-refractivity contribution >= 4 is 5.91 Å². The zero-order chi connectivity index (χ0) is 13.7. The molecule has 0 spiro atoms. The number of amides is 1. The number of likely N-dealkylation sites (tertiary alicyclic amines) is 1. The second-order valence-corrected chi connectivity index (χ2v) is 5.86. The topological polar surface area (TPSA) is 26.8 Å². The fraction of sp³-hybridized carbons (Fsp3) is 0.929. The number of carbonyl (C=O) groups is 1. The number of carbonyl (C=O) groups excluding carboxylic acids is 1. The molecule has 0 aromatic heterocycles. The summed E-state index contributed by atoms with van der Waals surface area (Å²) in [4.78, 5) is 18.6. The van der Waals surface area contributed by atoms with Gasteiger partial charge in [-0.2, -0.15) is 0 Å². The highest BCUT2D eigenvalue weighted by atomic mass is 16.2. The Labute approximate surface area is 112 Å². The van der Waals surface area contributed by atoms with Gasteiger partial charge in [-0.25, -0.2) is 0 Å². The predicted octanol–water partition coefficient (Wildman–Crippen LogP) is 1.13. The first kappa shape index (κ1) is 15.4. The number of hydrogen-bond acceptors (Lipinski definition) is 3. The van der Waals surface area contributed by atoms with Crippen molar-refractivity contribution in [2.45, 2.75) is 33.2 Å². The summed E-state index contributed by atoms with van der Waals surface area (Å²) in [5.41, 5.74) is 0. The van der Waals surface area contributed by atoms with Gasteiger partial charge in [-0.1, -0.05) is 6.92 Å². The molecule has 0 bridgehead atoms. The monoisotopic (exact) mass is 255 g/mol. The molecule has 18 heavy (non-hydrogen) atoms. The van der Waals surface area contributed by atoms with Crippen molar-refractivity contribution in [1.82, 2.24) is 14.7 Å². The number of hydrogen-bond donors (Lipinski definition) is 0. The van der Waals surface area contributed by atoms with Crippen LogP contribution in [0.5, 0.6) is 0 Å². The van der Waals surface area contributed by atoms with E-state index in [0.29, 0.717) is 18.5 Å². The summed E-state index contributed by atoms with van der Waals surface area (Å²) in [5, 5.41) is 0. The van der Waals surface area contributed by atoms with Crippen LogP contribution in [0.2, 0.25) is 0 Å². The van der Waals surface area contributed by atoms with Crippen LogP contribution < -0.4 is 0 Å². The van der Waals surface area contributed by atoms with E-state index in [0.717, 1.165) is 32.6 Å². The predicted molar refractivity (Wildman–Crippen MR) is 75.6 cm³/mol. The first-order valence-corrected chi connectivity index (χ1v) is 7.10. The van der Waals surface area contributed by atoms with Crippen molar-refractivity contribution in [3.05, 3.63) is 0 Å². The van der Waals surface area contributed by atoms with Crippen molar-refractivity contribution in [3.8, 4) is 0 Å². The summed E-state index contributed by atoms with van der Waals surface area (Å²) in [6, 6.07) is 0.429. The maximum Gasteiger partial charge on any atom is 0.236 e. The van der Waals surface area contributed by atoms with E-state index in [1.807, 2.05) is 11.9 Å². The molecule has 1 amide bonds. The summed E-state index contributed by atoms with van der Waals surface area (Å²) in [5.74, 6) is 0.941. The highest BCUT2D eigenvalue weighted by molar-refractivity contribution is 5.78. The average molecular weight is 255 g/mol. The van der Waals surface area contributed by atoms with E-state index in [-0.39, 0.29) is 5.91 Å². The SMILES string of the molecule is CCN(C)C[C@H]1CCN(C(=O)CN(C)C(C)C)C1. The third kappa shape index (κ3) is 4.58. The van der Waals surface area contributed by atoms with Crippen molar-refractivity contribution in [2.24, 2.45) is 5.92 Å². The summed E-state index contributed by atoms with van der Waals surface area (Å²) in [7, 11) is 4.16. The van der Waals surface area contributed by atoms with Gasteiger partial charge >= 0.3 is 0 Å². The summed E-state index contributed by atoms with van der Waals surface area (Å²) >= 11 is 0. The lowest BCUT2D eigenvalue weighted by molar-refractivity contribution is -0.131. The molecule has 4 nitrogen and oxygen atoms in total. The lowest BCUT2D eigenvalue weighted by Gasteiger charge is -2.24. The minimum atomic E-state index is 0.285. The number of rotatable bonds is 6. The minimum Gasteiger partial charge on any atom is -0.341 e. The Morgan fingerprint density at radius 1 is 1.39 bits per heavy atom. The van der Waals surface area contributed by atoms with Crippen LogP contribution in [0.4, 0.5) is 0 Å². The molecule has 0 N–H and O–H groups in total. The molecule has 1 rings (SSSR count). The summed E-state index contributed by atoms with van der Waals surface area (Å²) in [6.45, 7) is 11.0. The molecule has 0 unspecified atom stereocenters. The highest BCUT2D eigenvalue weighted by Crippen LogP contribution is 2.17. The van der Waals surface area contributed by atoms with Crippen molar-refractivity contribution < 1.29 is 4.79 Å². The first-order chi connectivity index (χ1) is 8.43. The van der Waals surface area contributed by atoms with E-state index < -0.39 is 0 Å². The van der Waals surface area contributed by atoms with Gasteiger partial charge in [0.25, 0.3) is 0 Å². The van der Waals surface area contributed by atoms with E-state index in [2.05, 4.69) is 37.6 Å². The van der Waals surface area contributed by atoms with Gasteiger partial charge in [-0.3, -0.25) is 9.69 Å². The van der Waals surface area contributed by atoms with Crippen LogP contribution >= 0.6 is 0 Å². The van der Waals surface area contributed by atoms with Gasteiger partial charge in [0.2, 0.25) is 5.91 Å². The lowest BCUT2D eigenvalue weighted by atomic mass is 10.1. The Morgan fingerprint density at radius 2 is 2.06 bits per heavy atom. The van der Waals surface area contributed by atoms with Crippen LogP contribution in [0.15, 0.2) is 0 Å². The Hall–Kier alpha value is -0.610. The quantitative estimate of drug-likeness (QED) is 0.712. The molecule has 1 heterocycles. The third-order valence-electron chi connectivity index (χ3n) is 4.01. The molecule has 1 saturated heterocycles. The zero-order valence-corrected chi connectivity index (χ0v) is 12.6. The minimum absolute atomic E-state index is 0.285. The standard InChI is InChI=1S/C14H29N3O/c1-6-15(4)9-13-7-8-17(10-13)14(18)11-16(5)12(2)3/h12-13H,6-11H2,1-5H3/t13-/m1/s1. The lowest BCUT2D eigenvalue weighted by Crippen LogP contribution is -2.40. The van der Waals surface area contributed by atoms with Gasteiger partial charge in [0.05, 0.1) is 6.54 Å². The maximum atomic E-state index is 12.1. The van der Waals surface area contributed by atoms with Crippen LogP contribution in [-0.2, 0) is 4.79 Å². The second-order valence-electron chi connectivity index (χ2n) is 5.86. The molecule has 106 valence electrons. The molecule has 0 aromatic carbocycles. The van der Waals surface area contributed by atoms with Gasteiger partial charge in [0.15, 0.2) is 0 Å². The van der Waals surface area contributed by atoms with E-state index in [1.165, 1.54) is 0 Å². The fourth-order valence-corrected chi connectivity index (χ4v) is 2.27. The average Bonchev–Trinajstić information content (AvgIpc) is 2.77. The van der Waals surface area contributed by atoms with Crippen LogP contribution in [0.3, 0.4) is 0 Å². The van der Waals surface area contributed by atoms with Crippen LogP contribution in [0.25, 0.3) is 0 Å². The summed E-state index contributed by atoms with van der Waals surface area (Å²) < 4.78 is 0. The second kappa shape index (κ2) is 7.10. The largest absolute Gasteiger partial charge is 0.341 e. The van der Waals surface area contributed by atoms with Gasteiger partial charge < -0.3 is 9.80 Å². The molecule has 1 atom stereocenters. The van der Waals surface area contributed by atoms with Gasteiger partial charge in [-0.05, 0) is 46.8 Å². The molecule has 4 heteroatoms. The smallest absolute Gasteiger partial charge is 0.236 e. The zero-order valence-electron chi connectivity index (χ0n) is 12.6. The first-order valence-electron chi connectivity index (χ1n) is 7.10. The van der Waals surface area contributed by atoms with Crippen LogP contribution in [0.1, 0.15) is 27.2 Å². The summed E-state index contributed by atoms with van der Waals surface area (Å²) in [6.07, 6.45) is 1.15. The fourth-order valence-electron chi connectivity index (χ4n) is 2.27. The molecule has 1 fully saturated rings. The Morgan fingerprint density at radius 3 is 2.61 bits per heavy atom. The molecular formula is C14H29N3O. The van der Waals surface area contributed by atoms with Gasteiger partial charge in [-0.15, -0.1) is 0 Å². The van der Waals surface area contributed by atoms with Gasteiger partial charge in [0, 0.05) is 25.7 Å². The normalized spacial score (nSPS) is 20.4. The Balaban J connectivity index is 2.34. The van der Waals surface area contributed by atoms with Gasteiger partial charge in [0.1, 0.15) is 0 Å². The van der Waals surface area contributed by atoms with Crippen LogP contribution in [0, 0.1) is 5.92 Å². The van der Waals surface area contributed by atoms with E-state index >= 15 is 0 Å². The van der Waals surface area contributed by atoms with E-state index in [1.54, 1.807) is 0 Å². The number of likely N-dealkylation sites (N-methyl/N-ethyl adjacent to an activating group) is 1. The third-order valence-corrected chi connectivity index (χ3v) is 4.01. The molecule has 0 saturated carbocycles. The molecule has 0 aliphatic carbocycles. The van der Waals surface area contributed by atoms with Crippen LogP contribution in [-0.4, -0.2) is 73.5 Å². The molecule has 1 aliphatic heterocycles. The molecule has 0 radical (unpaired) electrons.